The lowest BCUT2D eigenvalue weighted by Gasteiger charge is -2.11. The number of sulfonamides is 1. The maximum absolute atomic E-state index is 12.4. The highest BCUT2D eigenvalue weighted by Crippen LogP contribution is 2.24. The minimum absolute atomic E-state index is 0.0647. The molecule has 0 fully saturated rings. The zero-order valence-corrected chi connectivity index (χ0v) is 12.8. The molecule has 0 aliphatic rings. The van der Waals surface area contributed by atoms with E-state index < -0.39 is 10.0 Å². The largest absolute Gasteiger partial charge is 0.494 e. The van der Waals surface area contributed by atoms with Crippen molar-refractivity contribution >= 4 is 21.4 Å². The molecule has 2 aromatic rings. The van der Waals surface area contributed by atoms with Crippen LogP contribution in [-0.4, -0.2) is 15.0 Å². The minimum Gasteiger partial charge on any atom is -0.494 e. The smallest absolute Gasteiger partial charge is 0.263 e. The summed E-state index contributed by atoms with van der Waals surface area (Å²) in [6.45, 7) is 4.23. The Bertz CT molecular complexity index is 742. The number of nitrogens with one attached hydrogen (secondary N) is 1. The van der Waals surface area contributed by atoms with Gasteiger partial charge in [0.15, 0.2) is 0 Å². The third kappa shape index (κ3) is 3.66. The van der Waals surface area contributed by atoms with Gasteiger partial charge in [-0.25, -0.2) is 8.42 Å². The van der Waals surface area contributed by atoms with Crippen molar-refractivity contribution in [1.82, 2.24) is 0 Å². The number of anilines is 2. The van der Waals surface area contributed by atoms with E-state index in [9.17, 15) is 8.42 Å². The summed E-state index contributed by atoms with van der Waals surface area (Å²) in [5, 5.41) is 0. The predicted octanol–water partition coefficient (Wildman–Crippen LogP) is 2.78. The topological polar surface area (TPSA) is 81.4 Å². The second-order valence-corrected chi connectivity index (χ2v) is 6.26. The summed E-state index contributed by atoms with van der Waals surface area (Å²) >= 11 is 0. The predicted molar refractivity (Wildman–Crippen MR) is 84.0 cm³/mol. The Kier molecular flexibility index (Phi) is 4.37. The fourth-order valence-corrected chi connectivity index (χ4v) is 3.10. The van der Waals surface area contributed by atoms with E-state index in [-0.39, 0.29) is 10.6 Å². The van der Waals surface area contributed by atoms with Crippen molar-refractivity contribution in [2.45, 2.75) is 18.7 Å². The maximum Gasteiger partial charge on any atom is 0.263 e. The Labute approximate surface area is 124 Å². The van der Waals surface area contributed by atoms with Gasteiger partial charge in [-0.3, -0.25) is 4.72 Å². The van der Waals surface area contributed by atoms with E-state index in [4.69, 9.17) is 10.5 Å². The second kappa shape index (κ2) is 6.05. The number of hydrogen-bond acceptors (Lipinski definition) is 4. The molecule has 6 heteroatoms. The first-order valence-corrected chi connectivity index (χ1v) is 8.02. The highest BCUT2D eigenvalue weighted by Gasteiger charge is 2.17. The average Bonchev–Trinajstić information content (AvgIpc) is 2.38. The van der Waals surface area contributed by atoms with E-state index in [1.807, 2.05) is 13.8 Å². The molecule has 0 aliphatic heterocycles. The maximum atomic E-state index is 12.4. The van der Waals surface area contributed by atoms with E-state index in [0.29, 0.717) is 18.0 Å². The van der Waals surface area contributed by atoms with Crippen LogP contribution in [0.3, 0.4) is 0 Å². The molecule has 21 heavy (non-hydrogen) atoms. The Morgan fingerprint density at radius 3 is 2.62 bits per heavy atom. The van der Waals surface area contributed by atoms with Crippen molar-refractivity contribution in [3.8, 4) is 5.75 Å². The summed E-state index contributed by atoms with van der Waals surface area (Å²) in [4.78, 5) is 0.0647. The van der Waals surface area contributed by atoms with E-state index in [1.165, 1.54) is 6.07 Å². The van der Waals surface area contributed by atoms with Crippen LogP contribution in [-0.2, 0) is 10.0 Å². The first-order chi connectivity index (χ1) is 9.92. The monoisotopic (exact) mass is 306 g/mol. The van der Waals surface area contributed by atoms with Gasteiger partial charge in [0.05, 0.1) is 18.0 Å². The molecule has 2 rings (SSSR count). The number of hydrogen-bond donors (Lipinski definition) is 2. The van der Waals surface area contributed by atoms with Crippen LogP contribution < -0.4 is 15.2 Å². The first-order valence-electron chi connectivity index (χ1n) is 6.54. The quantitative estimate of drug-likeness (QED) is 0.832. The van der Waals surface area contributed by atoms with Crippen LogP contribution >= 0.6 is 0 Å². The average molecular weight is 306 g/mol. The van der Waals surface area contributed by atoms with Gasteiger partial charge in [-0.15, -0.1) is 0 Å². The Balaban J connectivity index is 2.31. The highest BCUT2D eigenvalue weighted by atomic mass is 32.2. The number of nitrogens with two attached hydrogens (primary N) is 1. The third-order valence-corrected chi connectivity index (χ3v) is 4.31. The van der Waals surface area contributed by atoms with Crippen molar-refractivity contribution in [2.75, 3.05) is 17.1 Å². The van der Waals surface area contributed by atoms with Crippen molar-refractivity contribution in [1.29, 1.82) is 0 Å². The summed E-state index contributed by atoms with van der Waals surface area (Å²) in [7, 11) is -3.72. The summed E-state index contributed by atoms with van der Waals surface area (Å²) in [5.41, 5.74) is 7.36. The zero-order chi connectivity index (χ0) is 15.5. The van der Waals surface area contributed by atoms with Gasteiger partial charge in [-0.2, -0.15) is 0 Å². The lowest BCUT2D eigenvalue weighted by molar-refractivity contribution is 0.340. The standard InChI is InChI=1S/C15H18N2O3S/c1-3-20-13-6-4-5-12(10-13)17-21(18,19)15-8-7-11(2)9-14(15)16/h4-10,17H,3,16H2,1-2H3. The molecule has 112 valence electrons. The van der Waals surface area contributed by atoms with E-state index >= 15 is 0 Å². The van der Waals surface area contributed by atoms with Crippen LogP contribution in [0.2, 0.25) is 0 Å². The summed E-state index contributed by atoms with van der Waals surface area (Å²) < 4.78 is 32.6. The van der Waals surface area contributed by atoms with Crippen molar-refractivity contribution < 1.29 is 13.2 Å². The van der Waals surface area contributed by atoms with E-state index in [0.717, 1.165) is 5.56 Å². The number of nitrogen functional groups attached to an aromatic ring is 1. The fraction of sp³-hybridized carbons (Fsp3) is 0.200. The molecule has 5 nitrogen and oxygen atoms in total. The molecule has 0 radical (unpaired) electrons. The summed E-state index contributed by atoms with van der Waals surface area (Å²) in [6.07, 6.45) is 0. The molecule has 0 spiro atoms. The van der Waals surface area contributed by atoms with Crippen LogP contribution in [0.4, 0.5) is 11.4 Å². The molecule has 0 saturated carbocycles. The molecule has 0 amide bonds. The molecule has 0 bridgehead atoms. The van der Waals surface area contributed by atoms with Crippen LogP contribution in [0, 0.1) is 6.92 Å². The van der Waals surface area contributed by atoms with Crippen LogP contribution in [0.25, 0.3) is 0 Å². The number of rotatable bonds is 5. The van der Waals surface area contributed by atoms with Gasteiger partial charge >= 0.3 is 0 Å². The molecule has 0 saturated heterocycles. The van der Waals surface area contributed by atoms with Gasteiger partial charge in [0.25, 0.3) is 10.0 Å². The molecular formula is C15H18N2O3S. The highest BCUT2D eigenvalue weighted by molar-refractivity contribution is 7.92. The fourth-order valence-electron chi connectivity index (χ4n) is 1.94. The number of ether oxygens (including phenoxy) is 1. The minimum atomic E-state index is -3.72. The Morgan fingerprint density at radius 1 is 1.19 bits per heavy atom. The molecule has 0 unspecified atom stereocenters. The van der Waals surface area contributed by atoms with Crippen LogP contribution in [0.15, 0.2) is 47.4 Å². The van der Waals surface area contributed by atoms with Crippen molar-refractivity contribution in [2.24, 2.45) is 0 Å². The third-order valence-electron chi connectivity index (χ3n) is 2.85. The zero-order valence-electron chi connectivity index (χ0n) is 12.0. The molecule has 0 aliphatic carbocycles. The Morgan fingerprint density at radius 2 is 1.95 bits per heavy atom. The van der Waals surface area contributed by atoms with Crippen molar-refractivity contribution in [3.63, 3.8) is 0 Å². The summed E-state index contributed by atoms with van der Waals surface area (Å²) in [5.74, 6) is 0.606. The van der Waals surface area contributed by atoms with E-state index in [2.05, 4.69) is 4.72 Å². The first kappa shape index (κ1) is 15.2. The number of benzene rings is 2. The van der Waals surface area contributed by atoms with Crippen LogP contribution in [0.5, 0.6) is 5.75 Å². The van der Waals surface area contributed by atoms with Gasteiger partial charge in [0.2, 0.25) is 0 Å². The second-order valence-electron chi connectivity index (χ2n) is 4.61. The molecule has 0 aromatic heterocycles. The summed E-state index contributed by atoms with van der Waals surface area (Å²) in [6, 6.07) is 11.6. The van der Waals surface area contributed by atoms with E-state index in [1.54, 1.807) is 36.4 Å². The SMILES string of the molecule is CCOc1cccc(NS(=O)(=O)c2ccc(C)cc2N)c1. The molecule has 2 aromatic carbocycles. The van der Waals surface area contributed by atoms with Gasteiger partial charge < -0.3 is 10.5 Å². The normalized spacial score (nSPS) is 11.1. The van der Waals surface area contributed by atoms with Gasteiger partial charge in [0, 0.05) is 6.07 Å². The molecule has 0 atom stereocenters. The van der Waals surface area contributed by atoms with Gasteiger partial charge in [-0.1, -0.05) is 12.1 Å². The number of aryl methyl sites for hydroxylation is 1. The van der Waals surface area contributed by atoms with Gasteiger partial charge in [-0.05, 0) is 43.7 Å². The van der Waals surface area contributed by atoms with Crippen molar-refractivity contribution in [3.05, 3.63) is 48.0 Å². The molecule has 0 heterocycles. The molecule has 3 N–H and O–H groups in total. The van der Waals surface area contributed by atoms with Crippen LogP contribution in [0.1, 0.15) is 12.5 Å². The molecular weight excluding hydrogens is 288 g/mol. The lowest BCUT2D eigenvalue weighted by Crippen LogP contribution is -2.15. The van der Waals surface area contributed by atoms with Gasteiger partial charge in [0.1, 0.15) is 10.6 Å². The Hall–Kier alpha value is -2.21. The lowest BCUT2D eigenvalue weighted by atomic mass is 10.2.